The Bertz CT molecular complexity index is 365. The third-order valence-electron chi connectivity index (χ3n) is 4.63. The minimum absolute atomic E-state index is 0.757. The molecule has 1 N–H and O–H groups in total. The molecular formula is C14H24N4S. The molecule has 2 heterocycles. The zero-order valence-electron chi connectivity index (χ0n) is 11.7. The molecule has 0 bridgehead atoms. The predicted octanol–water partition coefficient (Wildman–Crippen LogP) is 1.80. The highest BCUT2D eigenvalue weighted by Crippen LogP contribution is 2.25. The van der Waals surface area contributed by atoms with Crippen molar-refractivity contribution in [2.45, 2.75) is 37.8 Å². The highest BCUT2D eigenvalue weighted by Gasteiger charge is 2.28. The maximum absolute atomic E-state index is 4.42. The number of anilines is 1. The van der Waals surface area contributed by atoms with E-state index in [1.165, 1.54) is 43.9 Å². The summed E-state index contributed by atoms with van der Waals surface area (Å²) in [5.41, 5.74) is 0. The van der Waals surface area contributed by atoms with E-state index < -0.39 is 0 Å². The van der Waals surface area contributed by atoms with Crippen molar-refractivity contribution in [3.8, 4) is 0 Å². The van der Waals surface area contributed by atoms with Gasteiger partial charge >= 0.3 is 0 Å². The van der Waals surface area contributed by atoms with E-state index in [1.807, 2.05) is 6.20 Å². The summed E-state index contributed by atoms with van der Waals surface area (Å²) in [7, 11) is 2.10. The van der Waals surface area contributed by atoms with E-state index in [0.717, 1.165) is 25.2 Å². The molecule has 1 aliphatic heterocycles. The number of hydrogen-bond donors (Lipinski definition) is 1. The monoisotopic (exact) mass is 280 g/mol. The first kappa shape index (κ1) is 13.3. The molecule has 0 aromatic carbocycles. The zero-order chi connectivity index (χ0) is 13.1. The molecule has 2 aliphatic rings. The lowest BCUT2D eigenvalue weighted by Crippen LogP contribution is -2.52. The van der Waals surface area contributed by atoms with Crippen LogP contribution in [0.15, 0.2) is 11.6 Å². The molecule has 3 rings (SSSR count). The fourth-order valence-corrected chi connectivity index (χ4v) is 4.08. The highest BCUT2D eigenvalue weighted by molar-refractivity contribution is 7.13. The fourth-order valence-electron chi connectivity index (χ4n) is 3.38. The minimum Gasteiger partial charge on any atom is -0.346 e. The topological polar surface area (TPSA) is 31.4 Å². The molecular weight excluding hydrogens is 256 g/mol. The van der Waals surface area contributed by atoms with Gasteiger partial charge in [0.2, 0.25) is 0 Å². The summed E-state index contributed by atoms with van der Waals surface area (Å²) in [6.07, 6.45) is 7.32. The Morgan fingerprint density at radius 2 is 1.89 bits per heavy atom. The van der Waals surface area contributed by atoms with Crippen molar-refractivity contribution >= 4 is 16.5 Å². The van der Waals surface area contributed by atoms with Gasteiger partial charge in [-0.05, 0) is 32.7 Å². The van der Waals surface area contributed by atoms with Crippen molar-refractivity contribution in [2.75, 3.05) is 38.1 Å². The Morgan fingerprint density at radius 3 is 2.47 bits per heavy atom. The van der Waals surface area contributed by atoms with Crippen LogP contribution in [-0.4, -0.2) is 55.2 Å². The second kappa shape index (κ2) is 6.20. The van der Waals surface area contributed by atoms with Crippen molar-refractivity contribution < 1.29 is 0 Å². The number of thiazole rings is 1. The predicted molar refractivity (Wildman–Crippen MR) is 81.0 cm³/mol. The summed E-state index contributed by atoms with van der Waals surface area (Å²) in [6, 6.07) is 1.58. The molecule has 1 aliphatic carbocycles. The van der Waals surface area contributed by atoms with Crippen molar-refractivity contribution in [1.82, 2.24) is 15.2 Å². The van der Waals surface area contributed by atoms with E-state index in [4.69, 9.17) is 0 Å². The lowest BCUT2D eigenvalue weighted by atomic mass is 9.90. The van der Waals surface area contributed by atoms with Crippen molar-refractivity contribution in [2.24, 2.45) is 0 Å². The lowest BCUT2D eigenvalue weighted by molar-refractivity contribution is 0.137. The largest absolute Gasteiger partial charge is 0.346 e. The highest BCUT2D eigenvalue weighted by atomic mass is 32.1. The minimum atomic E-state index is 0.757. The van der Waals surface area contributed by atoms with Crippen LogP contribution in [0.3, 0.4) is 0 Å². The number of aromatic nitrogens is 1. The maximum atomic E-state index is 4.42. The van der Waals surface area contributed by atoms with Gasteiger partial charge in [-0.2, -0.15) is 0 Å². The zero-order valence-corrected chi connectivity index (χ0v) is 12.5. The molecule has 19 heavy (non-hydrogen) atoms. The molecule has 5 heteroatoms. The van der Waals surface area contributed by atoms with Gasteiger partial charge in [-0.25, -0.2) is 4.98 Å². The molecule has 0 amide bonds. The molecule has 0 atom stereocenters. The van der Waals surface area contributed by atoms with E-state index in [1.54, 1.807) is 11.3 Å². The fraction of sp³-hybridized carbons (Fsp3) is 0.786. The Labute approximate surface area is 119 Å². The molecule has 4 nitrogen and oxygen atoms in total. The van der Waals surface area contributed by atoms with Crippen molar-refractivity contribution in [3.63, 3.8) is 0 Å². The molecule has 1 aromatic rings. The van der Waals surface area contributed by atoms with Gasteiger partial charge in [-0.15, -0.1) is 11.3 Å². The van der Waals surface area contributed by atoms with Crippen LogP contribution in [0.1, 0.15) is 25.7 Å². The summed E-state index contributed by atoms with van der Waals surface area (Å²) in [6.45, 7) is 4.68. The Morgan fingerprint density at radius 1 is 1.16 bits per heavy atom. The molecule has 106 valence electrons. The molecule has 1 saturated carbocycles. The van der Waals surface area contributed by atoms with Crippen LogP contribution in [0.25, 0.3) is 0 Å². The van der Waals surface area contributed by atoms with E-state index in [9.17, 15) is 0 Å². The SMILES string of the molecule is CNC1CCC(N2CCN(c3nccs3)CC2)CC1. The summed E-state index contributed by atoms with van der Waals surface area (Å²) < 4.78 is 0. The van der Waals surface area contributed by atoms with Crippen LogP contribution in [-0.2, 0) is 0 Å². The number of rotatable bonds is 3. The normalized spacial score (nSPS) is 29.6. The van der Waals surface area contributed by atoms with Crippen molar-refractivity contribution in [1.29, 1.82) is 0 Å². The first-order chi connectivity index (χ1) is 9.36. The standard InChI is InChI=1S/C14H24N4S/c1-15-12-2-4-13(5-3-12)17-7-9-18(10-8-17)14-16-6-11-19-14/h6,11-13,15H,2-5,7-10H2,1H3. The van der Waals surface area contributed by atoms with Gasteiger partial charge in [0, 0.05) is 49.8 Å². The van der Waals surface area contributed by atoms with Gasteiger partial charge in [0.1, 0.15) is 0 Å². The van der Waals surface area contributed by atoms with Crippen LogP contribution in [0.5, 0.6) is 0 Å². The Hall–Kier alpha value is -0.650. The molecule has 0 unspecified atom stereocenters. The molecule has 1 aromatic heterocycles. The van der Waals surface area contributed by atoms with Gasteiger partial charge in [-0.1, -0.05) is 0 Å². The Kier molecular flexibility index (Phi) is 4.35. The van der Waals surface area contributed by atoms with Crippen LogP contribution < -0.4 is 10.2 Å². The molecule has 0 radical (unpaired) electrons. The van der Waals surface area contributed by atoms with Gasteiger partial charge in [0.25, 0.3) is 0 Å². The van der Waals surface area contributed by atoms with Crippen LogP contribution in [0.4, 0.5) is 5.13 Å². The number of nitrogens with zero attached hydrogens (tertiary/aromatic N) is 3. The molecule has 0 spiro atoms. The second-order valence-electron chi connectivity index (χ2n) is 5.63. The van der Waals surface area contributed by atoms with E-state index >= 15 is 0 Å². The van der Waals surface area contributed by atoms with Crippen LogP contribution >= 0.6 is 11.3 Å². The smallest absolute Gasteiger partial charge is 0.185 e. The van der Waals surface area contributed by atoms with E-state index in [2.05, 4.69) is 32.5 Å². The first-order valence-electron chi connectivity index (χ1n) is 7.42. The van der Waals surface area contributed by atoms with Crippen LogP contribution in [0, 0.1) is 0 Å². The summed E-state index contributed by atoms with van der Waals surface area (Å²) in [5.74, 6) is 0. The third kappa shape index (κ3) is 3.09. The number of piperazine rings is 1. The second-order valence-corrected chi connectivity index (χ2v) is 6.50. The maximum Gasteiger partial charge on any atom is 0.185 e. The average molecular weight is 280 g/mol. The van der Waals surface area contributed by atoms with Gasteiger partial charge < -0.3 is 10.2 Å². The summed E-state index contributed by atoms with van der Waals surface area (Å²) >= 11 is 1.76. The Balaban J connectivity index is 1.48. The lowest BCUT2D eigenvalue weighted by Gasteiger charge is -2.41. The van der Waals surface area contributed by atoms with Gasteiger partial charge in [0.05, 0.1) is 0 Å². The number of hydrogen-bond acceptors (Lipinski definition) is 5. The summed E-state index contributed by atoms with van der Waals surface area (Å²) in [4.78, 5) is 9.55. The van der Waals surface area contributed by atoms with Crippen LogP contribution in [0.2, 0.25) is 0 Å². The van der Waals surface area contributed by atoms with E-state index in [0.29, 0.717) is 0 Å². The molecule has 2 fully saturated rings. The summed E-state index contributed by atoms with van der Waals surface area (Å²) in [5, 5.41) is 6.68. The first-order valence-corrected chi connectivity index (χ1v) is 8.30. The number of nitrogens with one attached hydrogen (secondary N) is 1. The average Bonchev–Trinajstić information content (AvgIpc) is 3.02. The molecule has 1 saturated heterocycles. The van der Waals surface area contributed by atoms with Crippen molar-refractivity contribution in [3.05, 3.63) is 11.6 Å². The van der Waals surface area contributed by atoms with Gasteiger partial charge in [0.15, 0.2) is 5.13 Å². The quantitative estimate of drug-likeness (QED) is 0.915. The van der Waals surface area contributed by atoms with E-state index in [-0.39, 0.29) is 0 Å². The van der Waals surface area contributed by atoms with Gasteiger partial charge in [-0.3, -0.25) is 4.90 Å². The third-order valence-corrected chi connectivity index (χ3v) is 5.46.